The fourth-order valence-electron chi connectivity index (χ4n) is 0.134. The molecule has 0 amide bonds. The van der Waals surface area contributed by atoms with E-state index >= 15 is 0 Å². The maximum absolute atomic E-state index is 4.45. The first kappa shape index (κ1) is 6.14. The number of nitrogens with zero attached hydrogens (tertiary/aromatic N) is 2. The summed E-state index contributed by atoms with van der Waals surface area (Å²) in [6.07, 6.45) is 0. The molecular weight excluding hydrogens is 92.1 g/mol. The highest BCUT2D eigenvalue weighted by Crippen LogP contribution is 1.76. The quantitative estimate of drug-likeness (QED) is 0.271. The van der Waals surface area contributed by atoms with E-state index in [2.05, 4.69) is 21.7 Å². The summed E-state index contributed by atoms with van der Waals surface area (Å²) in [4.78, 5) is 8.09. The lowest BCUT2D eigenvalue weighted by atomic mass is 10.8. The lowest BCUT2D eigenvalue weighted by Gasteiger charge is -1.88. The van der Waals surface area contributed by atoms with Crippen LogP contribution in [0.1, 0.15) is 6.92 Å². The first-order chi connectivity index (χ1) is 3.31. The van der Waals surface area contributed by atoms with Crippen LogP contribution in [0.2, 0.25) is 0 Å². The van der Waals surface area contributed by atoms with E-state index in [-0.39, 0.29) is 0 Å². The fourth-order valence-corrected chi connectivity index (χ4v) is 0.134. The Bertz CT molecular complexity index is 87.7. The van der Waals surface area contributed by atoms with Crippen molar-refractivity contribution >= 4 is 12.6 Å². The van der Waals surface area contributed by atoms with Crippen molar-refractivity contribution in [1.29, 1.82) is 0 Å². The molecule has 40 valence electrons. The van der Waals surface area contributed by atoms with Crippen molar-refractivity contribution in [2.45, 2.75) is 6.92 Å². The van der Waals surface area contributed by atoms with Gasteiger partial charge in [0.25, 0.3) is 0 Å². The molecule has 7 heavy (non-hydrogen) atoms. The zero-order chi connectivity index (χ0) is 5.70. The Morgan fingerprint density at radius 3 is 2.43 bits per heavy atom. The predicted octanol–water partition coefficient (Wildman–Crippen LogP) is 0.667. The summed E-state index contributed by atoms with van der Waals surface area (Å²) in [7, 11) is 1.63. The van der Waals surface area contributed by atoms with E-state index in [1.807, 2.05) is 0 Å². The summed E-state index contributed by atoms with van der Waals surface area (Å²) < 4.78 is 0. The minimum atomic E-state index is 0.523. The second kappa shape index (κ2) is 3.33. The zero-order valence-electron chi connectivity index (χ0n) is 4.51. The molecule has 3 nitrogen and oxygen atoms in total. The summed E-state index contributed by atoms with van der Waals surface area (Å²) in [6, 6.07) is 0. The van der Waals surface area contributed by atoms with Gasteiger partial charge < -0.3 is 4.84 Å². The molecule has 0 aliphatic heterocycles. The number of hydrogen-bond acceptors (Lipinski definition) is 3. The Kier molecular flexibility index (Phi) is 2.92. The molecule has 0 aromatic rings. The molecule has 0 saturated heterocycles. The molecule has 0 rings (SSSR count). The third-order valence-electron chi connectivity index (χ3n) is 0.512. The lowest BCUT2D eigenvalue weighted by molar-refractivity contribution is 0.329. The average molecular weight is 100 g/mol. The molecule has 0 fully saturated rings. The van der Waals surface area contributed by atoms with Gasteiger partial charge >= 0.3 is 0 Å². The second-order valence-electron chi connectivity index (χ2n) is 0.963. The molecular formula is C4H8N2O. The van der Waals surface area contributed by atoms with Crippen molar-refractivity contribution in [1.82, 2.24) is 0 Å². The average Bonchev–Trinajstić information content (AvgIpc) is 1.68. The fraction of sp³-hybridized carbons (Fsp3) is 0.500. The molecule has 0 heterocycles. The molecule has 0 N–H and O–H groups in total. The molecule has 0 radical (unpaired) electrons. The van der Waals surface area contributed by atoms with E-state index in [4.69, 9.17) is 0 Å². The highest BCUT2D eigenvalue weighted by Gasteiger charge is 1.79. The highest BCUT2D eigenvalue weighted by atomic mass is 16.6. The van der Waals surface area contributed by atoms with Crippen LogP contribution in [0.3, 0.4) is 0 Å². The minimum Gasteiger partial charge on any atom is -0.343 e. The Morgan fingerprint density at radius 2 is 2.29 bits per heavy atom. The van der Waals surface area contributed by atoms with E-state index in [0.29, 0.717) is 5.90 Å². The maximum atomic E-state index is 4.45. The first-order valence-corrected chi connectivity index (χ1v) is 1.87. The van der Waals surface area contributed by atoms with E-state index in [1.54, 1.807) is 14.0 Å². The highest BCUT2D eigenvalue weighted by molar-refractivity contribution is 5.72. The molecule has 0 saturated carbocycles. The van der Waals surface area contributed by atoms with Crippen LogP contribution in [0, 0.1) is 0 Å². The van der Waals surface area contributed by atoms with E-state index < -0.39 is 0 Å². The SMILES string of the molecule is C=NO/C(C)=N\C. The van der Waals surface area contributed by atoms with Crippen molar-refractivity contribution in [2.24, 2.45) is 10.1 Å². The third-order valence-corrected chi connectivity index (χ3v) is 0.512. The summed E-state index contributed by atoms with van der Waals surface area (Å²) in [5.74, 6) is 0.523. The molecule has 0 aliphatic carbocycles. The standard InChI is InChI=1S/C4H8N2O/c1-4(5-2)7-6-3/h3H2,1-2H3/b5-4-. The van der Waals surface area contributed by atoms with Gasteiger partial charge in [0.15, 0.2) is 0 Å². The Balaban J connectivity index is 3.36. The van der Waals surface area contributed by atoms with Crippen molar-refractivity contribution < 1.29 is 4.84 Å². The molecule has 0 aliphatic rings. The van der Waals surface area contributed by atoms with Gasteiger partial charge in [-0.2, -0.15) is 0 Å². The smallest absolute Gasteiger partial charge is 0.216 e. The summed E-state index contributed by atoms with van der Waals surface area (Å²) in [5.41, 5.74) is 0. The van der Waals surface area contributed by atoms with Gasteiger partial charge in [-0.05, 0) is 0 Å². The monoisotopic (exact) mass is 100 g/mol. The van der Waals surface area contributed by atoms with E-state index in [9.17, 15) is 0 Å². The Hall–Kier alpha value is -0.860. The van der Waals surface area contributed by atoms with Crippen LogP contribution in [0.4, 0.5) is 0 Å². The van der Waals surface area contributed by atoms with Crippen molar-refractivity contribution in [3.8, 4) is 0 Å². The molecule has 0 atom stereocenters. The second-order valence-corrected chi connectivity index (χ2v) is 0.963. The van der Waals surface area contributed by atoms with E-state index in [1.165, 1.54) is 0 Å². The van der Waals surface area contributed by atoms with Gasteiger partial charge in [0.2, 0.25) is 5.90 Å². The molecule has 0 spiro atoms. The Labute approximate surface area is 42.7 Å². The summed E-state index contributed by atoms with van der Waals surface area (Å²) in [5, 5.41) is 3.13. The first-order valence-electron chi connectivity index (χ1n) is 1.87. The number of oxime groups is 1. The van der Waals surface area contributed by atoms with Crippen LogP contribution < -0.4 is 0 Å². The lowest BCUT2D eigenvalue weighted by Crippen LogP contribution is -1.90. The molecule has 0 unspecified atom stereocenters. The van der Waals surface area contributed by atoms with Crippen molar-refractivity contribution in [2.75, 3.05) is 7.05 Å². The van der Waals surface area contributed by atoms with Crippen LogP contribution >= 0.6 is 0 Å². The topological polar surface area (TPSA) is 34.0 Å². The molecule has 0 aromatic carbocycles. The largest absolute Gasteiger partial charge is 0.343 e. The van der Waals surface area contributed by atoms with Crippen LogP contribution in [-0.2, 0) is 4.84 Å². The Morgan fingerprint density at radius 1 is 1.71 bits per heavy atom. The van der Waals surface area contributed by atoms with Crippen molar-refractivity contribution in [3.05, 3.63) is 0 Å². The van der Waals surface area contributed by atoms with Crippen LogP contribution in [-0.4, -0.2) is 19.7 Å². The summed E-state index contributed by atoms with van der Waals surface area (Å²) >= 11 is 0. The van der Waals surface area contributed by atoms with Gasteiger partial charge in [-0.25, -0.2) is 0 Å². The van der Waals surface area contributed by atoms with E-state index in [0.717, 1.165) is 0 Å². The number of hydrogen-bond donors (Lipinski definition) is 0. The third kappa shape index (κ3) is 2.96. The van der Waals surface area contributed by atoms with Crippen LogP contribution in [0.25, 0.3) is 0 Å². The minimum absolute atomic E-state index is 0.523. The van der Waals surface area contributed by atoms with Gasteiger partial charge in [0.05, 0.1) is 0 Å². The molecule has 3 heteroatoms. The van der Waals surface area contributed by atoms with Gasteiger partial charge in [-0.1, -0.05) is 5.16 Å². The molecule has 0 bridgehead atoms. The normalized spacial score (nSPS) is 10.9. The molecule has 0 aromatic heterocycles. The number of aliphatic imine (C=N–C) groups is 1. The van der Waals surface area contributed by atoms with Crippen LogP contribution in [0.5, 0.6) is 0 Å². The zero-order valence-corrected chi connectivity index (χ0v) is 4.51. The van der Waals surface area contributed by atoms with Gasteiger partial charge in [-0.15, -0.1) is 0 Å². The van der Waals surface area contributed by atoms with Gasteiger partial charge in [-0.3, -0.25) is 4.99 Å². The number of rotatable bonds is 1. The van der Waals surface area contributed by atoms with Crippen molar-refractivity contribution in [3.63, 3.8) is 0 Å². The maximum Gasteiger partial charge on any atom is 0.216 e. The van der Waals surface area contributed by atoms with Crippen LogP contribution in [0.15, 0.2) is 10.1 Å². The van der Waals surface area contributed by atoms with Gasteiger partial charge in [0.1, 0.15) is 0 Å². The summed E-state index contributed by atoms with van der Waals surface area (Å²) in [6.45, 7) is 4.80. The predicted molar refractivity (Wildman–Crippen MR) is 29.7 cm³/mol. The van der Waals surface area contributed by atoms with Gasteiger partial charge in [0, 0.05) is 20.7 Å².